The number of fused-ring (bicyclic) bond motifs is 1. The van der Waals surface area contributed by atoms with Crippen molar-refractivity contribution in [2.24, 2.45) is 0 Å². The van der Waals surface area contributed by atoms with Gasteiger partial charge in [0.05, 0.1) is 17.7 Å². The molecule has 0 atom stereocenters. The average molecular weight is 300 g/mol. The molecule has 1 heterocycles. The topological polar surface area (TPSA) is 84.5 Å². The van der Waals surface area contributed by atoms with Gasteiger partial charge in [0.25, 0.3) is 11.8 Å². The quantitative estimate of drug-likeness (QED) is 0.607. The van der Waals surface area contributed by atoms with Gasteiger partial charge in [0.1, 0.15) is 5.60 Å². The molecule has 114 valence electrons. The molecule has 0 aliphatic carbocycles. The fraction of sp³-hybridized carbons (Fsp3) is 0.312. The van der Waals surface area contributed by atoms with Gasteiger partial charge in [-0.2, -0.15) is 0 Å². The lowest BCUT2D eigenvalue weighted by Gasteiger charge is -2.18. The van der Waals surface area contributed by atoms with E-state index in [4.69, 9.17) is 4.74 Å². The maximum atomic E-state index is 11.5. The van der Waals surface area contributed by atoms with Gasteiger partial charge < -0.3 is 10.1 Å². The van der Waals surface area contributed by atoms with Gasteiger partial charge in [-0.1, -0.05) is 11.8 Å². The summed E-state index contributed by atoms with van der Waals surface area (Å²) in [5.41, 5.74) is 0.700. The average Bonchev–Trinajstić information content (AvgIpc) is 2.68. The molecule has 0 saturated carbocycles. The lowest BCUT2D eigenvalue weighted by atomic mass is 10.1. The van der Waals surface area contributed by atoms with Crippen LogP contribution in [0.2, 0.25) is 0 Å². The maximum Gasteiger partial charge on any atom is 0.408 e. The fourth-order valence-corrected chi connectivity index (χ4v) is 1.82. The van der Waals surface area contributed by atoms with Gasteiger partial charge in [-0.25, -0.2) is 4.79 Å². The summed E-state index contributed by atoms with van der Waals surface area (Å²) >= 11 is 0. The van der Waals surface area contributed by atoms with Crippen LogP contribution in [0, 0.1) is 11.8 Å². The molecule has 0 spiro atoms. The molecule has 1 aromatic rings. The number of carbonyl (C=O) groups is 3. The highest BCUT2D eigenvalue weighted by molar-refractivity contribution is 6.21. The number of imide groups is 1. The Morgan fingerprint density at radius 3 is 2.59 bits per heavy atom. The second-order valence-corrected chi connectivity index (χ2v) is 5.70. The van der Waals surface area contributed by atoms with Crippen LogP contribution in [-0.4, -0.2) is 30.1 Å². The van der Waals surface area contributed by atoms with Crippen LogP contribution >= 0.6 is 0 Å². The molecule has 0 saturated heterocycles. The van der Waals surface area contributed by atoms with E-state index in [-0.39, 0.29) is 6.54 Å². The van der Waals surface area contributed by atoms with E-state index in [1.807, 2.05) is 0 Å². The van der Waals surface area contributed by atoms with Gasteiger partial charge in [-0.3, -0.25) is 14.9 Å². The predicted octanol–water partition coefficient (Wildman–Crippen LogP) is 1.45. The van der Waals surface area contributed by atoms with E-state index < -0.39 is 23.5 Å². The minimum absolute atomic E-state index is 0.122. The smallest absolute Gasteiger partial charge is 0.408 e. The molecule has 6 nitrogen and oxygen atoms in total. The van der Waals surface area contributed by atoms with Gasteiger partial charge >= 0.3 is 6.09 Å². The molecule has 0 radical (unpaired) electrons. The zero-order valence-electron chi connectivity index (χ0n) is 12.6. The summed E-state index contributed by atoms with van der Waals surface area (Å²) in [7, 11) is 0. The van der Waals surface area contributed by atoms with Crippen LogP contribution < -0.4 is 10.6 Å². The third-order valence-corrected chi connectivity index (χ3v) is 2.69. The first-order chi connectivity index (χ1) is 10.3. The number of alkyl carbamates (subject to hydrolysis) is 1. The van der Waals surface area contributed by atoms with Crippen molar-refractivity contribution in [2.45, 2.75) is 26.4 Å². The predicted molar refractivity (Wildman–Crippen MR) is 79.4 cm³/mol. The number of carbonyl (C=O) groups excluding carboxylic acids is 3. The lowest BCUT2D eigenvalue weighted by Crippen LogP contribution is -2.32. The summed E-state index contributed by atoms with van der Waals surface area (Å²) in [4.78, 5) is 34.3. The Hall–Kier alpha value is -2.81. The molecule has 2 N–H and O–H groups in total. The Balaban J connectivity index is 1.96. The van der Waals surface area contributed by atoms with Crippen molar-refractivity contribution in [2.75, 3.05) is 6.54 Å². The number of nitrogens with one attached hydrogen (secondary N) is 2. The van der Waals surface area contributed by atoms with Crippen LogP contribution in [0.1, 0.15) is 47.1 Å². The van der Waals surface area contributed by atoms with E-state index in [2.05, 4.69) is 22.5 Å². The van der Waals surface area contributed by atoms with E-state index >= 15 is 0 Å². The normalized spacial score (nSPS) is 12.9. The van der Waals surface area contributed by atoms with E-state index in [9.17, 15) is 14.4 Å². The van der Waals surface area contributed by atoms with Crippen LogP contribution in [-0.2, 0) is 4.74 Å². The third kappa shape index (κ3) is 3.85. The fourth-order valence-electron chi connectivity index (χ4n) is 1.82. The first kappa shape index (κ1) is 15.6. The number of rotatable bonds is 1. The standard InChI is InChI=1S/C16H16N2O4/c1-16(2,3)22-15(21)17-8-4-5-10-6-7-11-12(9-10)14(20)18-13(11)19/h6-7,9H,8H2,1-3H3,(H,17,21)(H,18,19,20). The molecule has 3 amide bonds. The molecular formula is C16H16N2O4. The molecule has 0 unspecified atom stereocenters. The maximum absolute atomic E-state index is 11.5. The minimum atomic E-state index is -0.558. The molecule has 1 aromatic carbocycles. The summed E-state index contributed by atoms with van der Waals surface area (Å²) in [6, 6.07) is 4.76. The summed E-state index contributed by atoms with van der Waals surface area (Å²) in [6.07, 6.45) is -0.541. The minimum Gasteiger partial charge on any atom is -0.444 e. The first-order valence-corrected chi connectivity index (χ1v) is 6.72. The number of amides is 3. The van der Waals surface area contributed by atoms with Crippen molar-refractivity contribution < 1.29 is 19.1 Å². The van der Waals surface area contributed by atoms with E-state index in [0.29, 0.717) is 16.7 Å². The third-order valence-electron chi connectivity index (χ3n) is 2.69. The molecule has 22 heavy (non-hydrogen) atoms. The molecular weight excluding hydrogens is 284 g/mol. The summed E-state index contributed by atoms with van der Waals surface area (Å²) in [6.45, 7) is 5.44. The number of hydrogen-bond acceptors (Lipinski definition) is 4. The van der Waals surface area contributed by atoms with Gasteiger partial charge in [-0.15, -0.1) is 0 Å². The Bertz CT molecular complexity index is 705. The Morgan fingerprint density at radius 2 is 1.91 bits per heavy atom. The second kappa shape index (κ2) is 5.90. The van der Waals surface area contributed by atoms with E-state index in [1.165, 1.54) is 0 Å². The van der Waals surface area contributed by atoms with Crippen LogP contribution in [0.4, 0.5) is 4.79 Å². The highest BCUT2D eigenvalue weighted by Gasteiger charge is 2.26. The largest absolute Gasteiger partial charge is 0.444 e. The highest BCUT2D eigenvalue weighted by atomic mass is 16.6. The van der Waals surface area contributed by atoms with Gasteiger partial charge in [-0.05, 0) is 39.0 Å². The van der Waals surface area contributed by atoms with Crippen LogP contribution in [0.5, 0.6) is 0 Å². The zero-order valence-corrected chi connectivity index (χ0v) is 12.6. The van der Waals surface area contributed by atoms with Crippen molar-refractivity contribution in [3.63, 3.8) is 0 Å². The molecule has 1 aliphatic rings. The van der Waals surface area contributed by atoms with Crippen molar-refractivity contribution in [1.29, 1.82) is 0 Å². The Kier molecular flexibility index (Phi) is 4.18. The van der Waals surface area contributed by atoms with Crippen molar-refractivity contribution in [1.82, 2.24) is 10.6 Å². The van der Waals surface area contributed by atoms with E-state index in [0.717, 1.165) is 0 Å². The SMILES string of the molecule is CC(C)(C)OC(=O)NCC#Cc1ccc2c(c1)C(=O)NC2=O. The Morgan fingerprint density at radius 1 is 1.23 bits per heavy atom. The Labute approximate surface area is 128 Å². The molecule has 1 aliphatic heterocycles. The van der Waals surface area contributed by atoms with Crippen LogP contribution in [0.15, 0.2) is 18.2 Å². The second-order valence-electron chi connectivity index (χ2n) is 5.70. The van der Waals surface area contributed by atoms with Crippen LogP contribution in [0.25, 0.3) is 0 Å². The van der Waals surface area contributed by atoms with Crippen molar-refractivity contribution in [3.05, 3.63) is 34.9 Å². The molecule has 0 fully saturated rings. The van der Waals surface area contributed by atoms with Crippen LogP contribution in [0.3, 0.4) is 0 Å². The summed E-state index contributed by atoms with van der Waals surface area (Å²) < 4.78 is 5.07. The van der Waals surface area contributed by atoms with Gasteiger partial charge in [0, 0.05) is 5.56 Å². The molecule has 0 bridgehead atoms. The first-order valence-electron chi connectivity index (χ1n) is 6.72. The zero-order chi connectivity index (χ0) is 16.3. The summed E-state index contributed by atoms with van der Waals surface area (Å²) in [5, 5.41) is 4.72. The highest BCUT2D eigenvalue weighted by Crippen LogP contribution is 2.16. The number of hydrogen-bond donors (Lipinski definition) is 2. The monoisotopic (exact) mass is 300 g/mol. The molecule has 6 heteroatoms. The van der Waals surface area contributed by atoms with E-state index in [1.54, 1.807) is 39.0 Å². The van der Waals surface area contributed by atoms with Gasteiger partial charge in [0.15, 0.2) is 0 Å². The van der Waals surface area contributed by atoms with Gasteiger partial charge in [0.2, 0.25) is 0 Å². The molecule has 0 aromatic heterocycles. The number of benzene rings is 1. The number of ether oxygens (including phenoxy) is 1. The summed E-state index contributed by atoms with van der Waals surface area (Å²) in [5.74, 6) is 4.76. The molecule has 2 rings (SSSR count). The van der Waals surface area contributed by atoms with Crippen molar-refractivity contribution in [3.8, 4) is 11.8 Å². The lowest BCUT2D eigenvalue weighted by molar-refractivity contribution is 0.0534. The van der Waals surface area contributed by atoms with Crippen molar-refractivity contribution >= 4 is 17.9 Å².